The Morgan fingerprint density at radius 3 is 2.42 bits per heavy atom. The van der Waals surface area contributed by atoms with Gasteiger partial charge in [-0.15, -0.1) is 0 Å². The second-order valence-electron chi connectivity index (χ2n) is 7.81. The second kappa shape index (κ2) is 10.5. The minimum absolute atomic E-state index is 0.0929. The molecule has 1 heterocycles. The van der Waals surface area contributed by atoms with Crippen LogP contribution in [0.15, 0.2) is 41.3 Å². The van der Waals surface area contributed by atoms with Gasteiger partial charge in [0.1, 0.15) is 12.4 Å². The summed E-state index contributed by atoms with van der Waals surface area (Å²) in [6.07, 6.45) is 3.76. The zero-order chi connectivity index (χ0) is 22.4. The van der Waals surface area contributed by atoms with Crippen molar-refractivity contribution >= 4 is 27.5 Å². The molecule has 0 unspecified atom stereocenters. The van der Waals surface area contributed by atoms with E-state index in [0.717, 1.165) is 37.0 Å². The summed E-state index contributed by atoms with van der Waals surface area (Å²) in [4.78, 5) is 12.7. The summed E-state index contributed by atoms with van der Waals surface area (Å²) < 4.78 is 33.2. The van der Waals surface area contributed by atoms with Crippen LogP contribution in [0.2, 0.25) is 5.02 Å². The maximum absolute atomic E-state index is 13.0. The molecule has 1 aliphatic heterocycles. The minimum Gasteiger partial charge on any atom is -0.492 e. The average Bonchev–Trinajstić information content (AvgIpc) is 3.04. The number of nitrogens with one attached hydrogen (secondary N) is 1. The van der Waals surface area contributed by atoms with E-state index in [4.69, 9.17) is 16.3 Å². The van der Waals surface area contributed by atoms with Gasteiger partial charge in [0.25, 0.3) is 5.91 Å². The third kappa shape index (κ3) is 5.99. The van der Waals surface area contributed by atoms with Crippen molar-refractivity contribution in [3.63, 3.8) is 0 Å². The van der Waals surface area contributed by atoms with Gasteiger partial charge in [0.2, 0.25) is 10.0 Å². The molecule has 6 nitrogen and oxygen atoms in total. The van der Waals surface area contributed by atoms with Gasteiger partial charge in [-0.2, -0.15) is 4.31 Å². The fraction of sp³-hybridized carbons (Fsp3) is 0.435. The number of hydrogen-bond donors (Lipinski definition) is 1. The molecule has 8 heteroatoms. The second-order valence-corrected chi connectivity index (χ2v) is 10.2. The zero-order valence-corrected chi connectivity index (χ0v) is 19.6. The number of rotatable bonds is 7. The fourth-order valence-corrected chi connectivity index (χ4v) is 5.25. The highest BCUT2D eigenvalue weighted by molar-refractivity contribution is 7.89. The van der Waals surface area contributed by atoms with E-state index in [1.807, 2.05) is 32.0 Å². The molecule has 3 rings (SSSR count). The van der Waals surface area contributed by atoms with E-state index < -0.39 is 15.9 Å². The Morgan fingerprint density at radius 1 is 1.03 bits per heavy atom. The van der Waals surface area contributed by atoms with Crippen LogP contribution in [0, 0.1) is 13.8 Å². The first kappa shape index (κ1) is 23.6. The molecular weight excluding hydrogens is 436 g/mol. The first-order valence-corrected chi connectivity index (χ1v) is 12.4. The molecule has 0 atom stereocenters. The summed E-state index contributed by atoms with van der Waals surface area (Å²) in [5, 5.41) is 2.96. The minimum atomic E-state index is -3.66. The zero-order valence-electron chi connectivity index (χ0n) is 18.0. The van der Waals surface area contributed by atoms with Crippen molar-refractivity contribution in [3.8, 4) is 5.75 Å². The average molecular weight is 465 g/mol. The number of carbonyl (C=O) groups is 1. The largest absolute Gasteiger partial charge is 0.492 e. The van der Waals surface area contributed by atoms with Gasteiger partial charge in [-0.25, -0.2) is 8.42 Å². The smallest absolute Gasteiger partial charge is 0.252 e. The van der Waals surface area contributed by atoms with Crippen LogP contribution in [0.5, 0.6) is 5.75 Å². The molecule has 0 spiro atoms. The first-order valence-electron chi connectivity index (χ1n) is 10.6. The van der Waals surface area contributed by atoms with E-state index in [-0.39, 0.29) is 28.6 Å². The van der Waals surface area contributed by atoms with Crippen molar-refractivity contribution in [2.75, 3.05) is 26.2 Å². The van der Waals surface area contributed by atoms with E-state index in [2.05, 4.69) is 5.32 Å². The monoisotopic (exact) mass is 464 g/mol. The lowest BCUT2D eigenvalue weighted by atomic mass is 10.1. The number of sulfonamides is 1. The molecule has 0 aliphatic carbocycles. The van der Waals surface area contributed by atoms with Crippen molar-refractivity contribution in [1.82, 2.24) is 9.62 Å². The summed E-state index contributed by atoms with van der Waals surface area (Å²) >= 11 is 6.19. The lowest BCUT2D eigenvalue weighted by Crippen LogP contribution is -2.32. The van der Waals surface area contributed by atoms with Crippen LogP contribution in [-0.2, 0) is 10.0 Å². The van der Waals surface area contributed by atoms with Crippen molar-refractivity contribution < 1.29 is 17.9 Å². The summed E-state index contributed by atoms with van der Waals surface area (Å²) in [5.41, 5.74) is 2.46. The standard InChI is InChI=1S/C23H29ClN2O4S/c1-17-7-8-19(15-18(17)2)30-14-11-25-23(27)21-16-20(9-10-22(21)24)31(28,29)26-12-5-3-4-6-13-26/h7-10,15-16H,3-6,11-14H2,1-2H3,(H,25,27). The van der Waals surface area contributed by atoms with Crippen molar-refractivity contribution in [1.29, 1.82) is 0 Å². The summed E-state index contributed by atoms with van der Waals surface area (Å²) in [6.45, 7) is 5.61. The number of aryl methyl sites for hydroxylation is 2. The molecule has 0 radical (unpaired) electrons. The van der Waals surface area contributed by atoms with Gasteiger partial charge in [-0.1, -0.05) is 30.5 Å². The molecule has 1 N–H and O–H groups in total. The Bertz CT molecular complexity index is 1030. The molecule has 1 amide bonds. The lowest BCUT2D eigenvalue weighted by molar-refractivity contribution is 0.0947. The number of nitrogens with zero attached hydrogens (tertiary/aromatic N) is 1. The van der Waals surface area contributed by atoms with Crippen molar-refractivity contribution in [2.24, 2.45) is 0 Å². The number of hydrogen-bond acceptors (Lipinski definition) is 4. The van der Waals surface area contributed by atoms with Crippen LogP contribution < -0.4 is 10.1 Å². The Kier molecular flexibility index (Phi) is 7.97. The molecule has 1 saturated heterocycles. The van der Waals surface area contributed by atoms with Gasteiger partial charge in [0, 0.05) is 13.1 Å². The fourth-order valence-electron chi connectivity index (χ4n) is 3.50. The van der Waals surface area contributed by atoms with E-state index >= 15 is 0 Å². The molecule has 1 aliphatic rings. The predicted octanol–water partition coefficient (Wildman–Crippen LogP) is 4.33. The molecule has 2 aromatic rings. The topological polar surface area (TPSA) is 75.7 Å². The molecule has 31 heavy (non-hydrogen) atoms. The van der Waals surface area contributed by atoms with E-state index in [1.165, 1.54) is 28.1 Å². The molecule has 168 valence electrons. The van der Waals surface area contributed by atoms with Gasteiger partial charge in [-0.3, -0.25) is 4.79 Å². The number of halogens is 1. The quantitative estimate of drug-likeness (QED) is 0.619. The van der Waals surface area contributed by atoms with E-state index in [0.29, 0.717) is 13.1 Å². The van der Waals surface area contributed by atoms with Gasteiger partial charge in [0.05, 0.1) is 22.0 Å². The Balaban J connectivity index is 1.63. The van der Waals surface area contributed by atoms with Crippen LogP contribution in [0.3, 0.4) is 0 Å². The number of ether oxygens (including phenoxy) is 1. The first-order chi connectivity index (χ1) is 14.8. The highest BCUT2D eigenvalue weighted by Crippen LogP contribution is 2.25. The SMILES string of the molecule is Cc1ccc(OCCNC(=O)c2cc(S(=O)(=O)N3CCCCCC3)ccc2Cl)cc1C. The van der Waals surface area contributed by atoms with Crippen LogP contribution in [0.4, 0.5) is 0 Å². The number of benzene rings is 2. The molecular formula is C23H29ClN2O4S. The molecule has 0 aromatic heterocycles. The van der Waals surface area contributed by atoms with Gasteiger partial charge < -0.3 is 10.1 Å². The van der Waals surface area contributed by atoms with Crippen LogP contribution in [-0.4, -0.2) is 44.9 Å². The molecule has 2 aromatic carbocycles. The summed E-state index contributed by atoms with van der Waals surface area (Å²) in [5.74, 6) is 0.308. The normalized spacial score (nSPS) is 15.3. The number of carbonyl (C=O) groups excluding carboxylic acids is 1. The third-order valence-corrected chi connectivity index (χ3v) is 7.74. The maximum Gasteiger partial charge on any atom is 0.252 e. The van der Waals surface area contributed by atoms with Crippen LogP contribution in [0.1, 0.15) is 47.2 Å². The lowest BCUT2D eigenvalue weighted by Gasteiger charge is -2.20. The summed E-state index contributed by atoms with van der Waals surface area (Å²) in [6, 6.07) is 10.1. The highest BCUT2D eigenvalue weighted by Gasteiger charge is 2.26. The van der Waals surface area contributed by atoms with E-state index in [9.17, 15) is 13.2 Å². The van der Waals surface area contributed by atoms with Gasteiger partial charge >= 0.3 is 0 Å². The molecule has 0 saturated carbocycles. The van der Waals surface area contributed by atoms with Crippen LogP contribution >= 0.6 is 11.6 Å². The van der Waals surface area contributed by atoms with Gasteiger partial charge in [-0.05, 0) is 68.1 Å². The van der Waals surface area contributed by atoms with E-state index in [1.54, 1.807) is 0 Å². The molecule has 0 bridgehead atoms. The van der Waals surface area contributed by atoms with Crippen molar-refractivity contribution in [2.45, 2.75) is 44.4 Å². The predicted molar refractivity (Wildman–Crippen MR) is 122 cm³/mol. The van der Waals surface area contributed by atoms with Gasteiger partial charge in [0.15, 0.2) is 0 Å². The Labute approximate surface area is 189 Å². The third-order valence-electron chi connectivity index (χ3n) is 5.52. The van der Waals surface area contributed by atoms with Crippen LogP contribution in [0.25, 0.3) is 0 Å². The summed E-state index contributed by atoms with van der Waals surface area (Å²) in [7, 11) is -3.66. The number of amides is 1. The maximum atomic E-state index is 13.0. The highest BCUT2D eigenvalue weighted by atomic mass is 35.5. The van der Waals surface area contributed by atoms with Crippen molar-refractivity contribution in [3.05, 3.63) is 58.1 Å². The Hall–Kier alpha value is -2.09. The molecule has 1 fully saturated rings. The Morgan fingerprint density at radius 2 is 1.74 bits per heavy atom.